The van der Waals surface area contributed by atoms with Crippen LogP contribution in [0.4, 0.5) is 0 Å². The highest BCUT2D eigenvalue weighted by molar-refractivity contribution is 7.87. The molecule has 0 aromatic rings. The van der Waals surface area contributed by atoms with Gasteiger partial charge in [0.15, 0.2) is 0 Å². The normalized spacial score (nSPS) is 17.9. The van der Waals surface area contributed by atoms with Gasteiger partial charge in [-0.3, -0.25) is 4.89 Å². The predicted molar refractivity (Wildman–Crippen MR) is 52.3 cm³/mol. The first-order chi connectivity index (χ1) is 6.52. The maximum atomic E-state index is 11.4. The molecule has 0 unspecified atom stereocenters. The number of hydrogen-bond donors (Lipinski definition) is 0. The molecular weight excluding hydrogens is 224 g/mol. The van der Waals surface area contributed by atoms with Gasteiger partial charge in [-0.15, -0.1) is 0 Å². The van der Waals surface area contributed by atoms with Crippen molar-refractivity contribution in [2.75, 3.05) is 0 Å². The first kappa shape index (κ1) is 14.3. The lowest BCUT2D eigenvalue weighted by Crippen LogP contribution is -2.26. The van der Waals surface area contributed by atoms with Crippen molar-refractivity contribution in [3.63, 3.8) is 0 Å². The van der Waals surface area contributed by atoms with Crippen LogP contribution in [0.2, 0.25) is 0 Å². The van der Waals surface area contributed by atoms with Crippen LogP contribution in [0, 0.1) is 0 Å². The summed E-state index contributed by atoms with van der Waals surface area (Å²) in [6, 6.07) is 0. The van der Waals surface area contributed by atoms with E-state index >= 15 is 0 Å². The van der Waals surface area contributed by atoms with E-state index in [1.165, 1.54) is 0 Å². The van der Waals surface area contributed by atoms with Crippen LogP contribution in [-0.4, -0.2) is 25.1 Å². The number of rotatable bonds is 3. The third-order valence-corrected chi connectivity index (χ3v) is 3.75. The van der Waals surface area contributed by atoms with E-state index < -0.39 is 21.3 Å². The Morgan fingerprint density at radius 1 is 1.20 bits per heavy atom. The fourth-order valence-electron chi connectivity index (χ4n) is 1.50. The molecule has 1 saturated carbocycles. The van der Waals surface area contributed by atoms with Crippen molar-refractivity contribution in [2.45, 2.75) is 44.3 Å². The Morgan fingerprint density at radius 3 is 2.20 bits per heavy atom. The largest absolute Gasteiger partial charge is 0.412 e. The highest BCUT2D eigenvalue weighted by Gasteiger charge is 2.29. The van der Waals surface area contributed by atoms with Crippen LogP contribution in [0.3, 0.4) is 0 Å². The molecule has 6 nitrogen and oxygen atoms in total. The lowest BCUT2D eigenvalue weighted by atomic mass is 10.0. The van der Waals surface area contributed by atoms with E-state index in [0.29, 0.717) is 12.8 Å². The second-order valence-corrected chi connectivity index (χ2v) is 5.18. The summed E-state index contributed by atoms with van der Waals surface area (Å²) in [6.07, 6.45) is 3.99. The third kappa shape index (κ3) is 4.59. The van der Waals surface area contributed by atoms with Crippen molar-refractivity contribution in [3.05, 3.63) is 0 Å². The number of hydrogen-bond acceptors (Lipinski definition) is 5. The molecular formula is C8H16O6S. The number of carbonyl (C=O) groups excluding carboxylic acids is 1. The highest BCUT2D eigenvalue weighted by atomic mass is 32.2. The van der Waals surface area contributed by atoms with Crippen molar-refractivity contribution in [2.24, 2.45) is 0 Å². The minimum absolute atomic E-state index is 0. The number of carbonyl (C=O) groups is 1. The summed E-state index contributed by atoms with van der Waals surface area (Å²) < 4.78 is 26.9. The Kier molecular flexibility index (Phi) is 5.77. The molecule has 1 aliphatic rings. The fraction of sp³-hybridized carbons (Fsp3) is 0.875. The Balaban J connectivity index is 0.00000196. The summed E-state index contributed by atoms with van der Waals surface area (Å²) in [5.74, 6) is -0.760. The minimum atomic E-state index is -3.72. The molecule has 0 bridgehead atoms. The van der Waals surface area contributed by atoms with Gasteiger partial charge in [-0.1, -0.05) is 23.6 Å². The molecule has 0 spiro atoms. The zero-order chi connectivity index (χ0) is 10.6. The van der Waals surface area contributed by atoms with Gasteiger partial charge in [0.25, 0.3) is 0 Å². The molecule has 90 valence electrons. The van der Waals surface area contributed by atoms with Gasteiger partial charge in [0.1, 0.15) is 0 Å². The van der Waals surface area contributed by atoms with E-state index in [4.69, 9.17) is 0 Å². The van der Waals surface area contributed by atoms with Gasteiger partial charge >= 0.3 is 16.1 Å². The van der Waals surface area contributed by atoms with Crippen LogP contribution in [0.15, 0.2) is 0 Å². The lowest BCUT2D eigenvalue weighted by molar-refractivity contribution is -0.208. The van der Waals surface area contributed by atoms with Gasteiger partial charge in [0.2, 0.25) is 0 Å². The first-order valence-corrected chi connectivity index (χ1v) is 6.10. The van der Waals surface area contributed by atoms with E-state index in [9.17, 15) is 13.2 Å². The predicted octanol–water partition coefficient (Wildman–Crippen LogP) is 0.319. The zero-order valence-electron chi connectivity index (χ0n) is 8.56. The molecule has 0 radical (unpaired) electrons. The van der Waals surface area contributed by atoms with Gasteiger partial charge in [-0.2, -0.15) is 8.42 Å². The van der Waals surface area contributed by atoms with Gasteiger partial charge in [0, 0.05) is 6.92 Å². The molecule has 2 N–H and O–H groups in total. The van der Waals surface area contributed by atoms with E-state index in [1.807, 2.05) is 0 Å². The quantitative estimate of drug-likeness (QED) is 0.522. The van der Waals surface area contributed by atoms with Crippen LogP contribution >= 0.6 is 0 Å². The second kappa shape index (κ2) is 6.04. The van der Waals surface area contributed by atoms with Gasteiger partial charge in [-0.05, 0) is 12.8 Å². The fourth-order valence-corrected chi connectivity index (χ4v) is 2.72. The summed E-state index contributed by atoms with van der Waals surface area (Å²) in [4.78, 5) is 14.4. The average molecular weight is 240 g/mol. The smallest absolute Gasteiger partial charge is 0.340 e. The third-order valence-electron chi connectivity index (χ3n) is 2.21. The Hall–Kier alpha value is -0.660. The molecule has 1 aliphatic carbocycles. The summed E-state index contributed by atoms with van der Waals surface area (Å²) in [5, 5.41) is -0.518. The lowest BCUT2D eigenvalue weighted by Gasteiger charge is -2.19. The summed E-state index contributed by atoms with van der Waals surface area (Å²) >= 11 is 0. The summed E-state index contributed by atoms with van der Waals surface area (Å²) in [7, 11) is -3.72. The van der Waals surface area contributed by atoms with Gasteiger partial charge in [0.05, 0.1) is 5.25 Å². The highest BCUT2D eigenvalue weighted by Crippen LogP contribution is 2.24. The van der Waals surface area contributed by atoms with E-state index in [-0.39, 0.29) is 5.48 Å². The second-order valence-electron chi connectivity index (χ2n) is 3.40. The maximum Gasteiger partial charge on any atom is 0.340 e. The molecule has 0 aliphatic heterocycles. The van der Waals surface area contributed by atoms with Gasteiger partial charge < -0.3 is 5.48 Å². The summed E-state index contributed by atoms with van der Waals surface area (Å²) in [5.41, 5.74) is 0. The molecule has 15 heavy (non-hydrogen) atoms. The molecule has 1 rings (SSSR count). The van der Waals surface area contributed by atoms with Crippen LogP contribution in [0.5, 0.6) is 0 Å². The van der Waals surface area contributed by atoms with Crippen molar-refractivity contribution >= 4 is 16.1 Å². The molecule has 0 aromatic carbocycles. The van der Waals surface area contributed by atoms with Crippen molar-refractivity contribution in [3.8, 4) is 0 Å². The molecule has 7 heteroatoms. The van der Waals surface area contributed by atoms with Crippen molar-refractivity contribution in [1.29, 1.82) is 0 Å². The molecule has 0 aromatic heterocycles. The standard InChI is InChI=1S/C8H14O5S.H2O/c1-7(9)12-13-14(10,11)8-5-3-2-4-6-8;/h8H,2-6H2,1H3;1H2. The Labute approximate surface area is 88.9 Å². The van der Waals surface area contributed by atoms with Crippen molar-refractivity contribution < 1.29 is 27.9 Å². The van der Waals surface area contributed by atoms with Crippen LogP contribution in [0.25, 0.3) is 0 Å². The van der Waals surface area contributed by atoms with E-state index in [2.05, 4.69) is 9.22 Å². The molecule has 0 atom stereocenters. The molecule has 1 fully saturated rings. The molecule has 0 amide bonds. The van der Waals surface area contributed by atoms with Crippen LogP contribution < -0.4 is 0 Å². The SMILES string of the molecule is CC(=O)OOS(=O)(=O)C1CCCCC1.O. The monoisotopic (exact) mass is 240 g/mol. The topological polar surface area (TPSA) is 101 Å². The Morgan fingerprint density at radius 2 is 1.73 bits per heavy atom. The maximum absolute atomic E-state index is 11.4. The Bertz CT molecular complexity index is 290. The van der Waals surface area contributed by atoms with Crippen LogP contribution in [0.1, 0.15) is 39.0 Å². The average Bonchev–Trinajstić information content (AvgIpc) is 2.16. The van der Waals surface area contributed by atoms with Crippen LogP contribution in [-0.2, 0) is 24.1 Å². The van der Waals surface area contributed by atoms with Gasteiger partial charge in [-0.25, -0.2) is 4.79 Å². The molecule has 0 saturated heterocycles. The van der Waals surface area contributed by atoms with E-state index in [0.717, 1.165) is 26.2 Å². The zero-order valence-corrected chi connectivity index (χ0v) is 9.38. The van der Waals surface area contributed by atoms with Crippen molar-refractivity contribution in [1.82, 2.24) is 0 Å². The summed E-state index contributed by atoms with van der Waals surface area (Å²) in [6.45, 7) is 1.09. The first-order valence-electron chi connectivity index (χ1n) is 4.63. The minimum Gasteiger partial charge on any atom is -0.412 e. The molecule has 0 heterocycles. The van der Waals surface area contributed by atoms with E-state index in [1.54, 1.807) is 0 Å².